The van der Waals surface area contributed by atoms with Gasteiger partial charge in [-0.05, 0) is 43.6 Å². The zero-order chi connectivity index (χ0) is 14.9. The molecule has 112 valence electrons. The van der Waals surface area contributed by atoms with Gasteiger partial charge in [-0.15, -0.1) is 10.2 Å². The first-order valence-corrected chi connectivity index (χ1v) is 8.75. The van der Waals surface area contributed by atoms with Crippen molar-refractivity contribution in [3.63, 3.8) is 0 Å². The molecule has 0 radical (unpaired) electrons. The third kappa shape index (κ3) is 3.41. The molecule has 0 bridgehead atoms. The Morgan fingerprint density at radius 3 is 3.00 bits per heavy atom. The quantitative estimate of drug-likeness (QED) is 0.898. The minimum atomic E-state index is -0.195. The zero-order valence-electron chi connectivity index (χ0n) is 12.0. The van der Waals surface area contributed by atoms with Gasteiger partial charge in [0.1, 0.15) is 5.01 Å². The summed E-state index contributed by atoms with van der Waals surface area (Å²) in [6.07, 6.45) is 3.21. The van der Waals surface area contributed by atoms with Gasteiger partial charge in [-0.25, -0.2) is 4.79 Å². The van der Waals surface area contributed by atoms with E-state index in [1.807, 2.05) is 16.8 Å². The van der Waals surface area contributed by atoms with Gasteiger partial charge in [-0.3, -0.25) is 5.32 Å². The molecule has 1 saturated carbocycles. The number of aromatic nitrogens is 2. The number of carbonyl (C=O) groups excluding carboxylic acids is 1. The maximum absolute atomic E-state index is 12.1. The standard InChI is InChI=1S/C14H18N4OS2/c1-9-3-5-14(2,7-9)16-12(19)15-13-18-17-11(21-13)10-4-6-20-8-10/h4,6,8-9H,3,5,7H2,1-2H3,(H2,15,16,18,19). The van der Waals surface area contributed by atoms with Crippen molar-refractivity contribution in [1.82, 2.24) is 15.5 Å². The van der Waals surface area contributed by atoms with Gasteiger partial charge in [0, 0.05) is 16.5 Å². The van der Waals surface area contributed by atoms with Crippen molar-refractivity contribution in [2.45, 2.75) is 38.6 Å². The Morgan fingerprint density at radius 2 is 2.33 bits per heavy atom. The van der Waals surface area contributed by atoms with E-state index in [0.717, 1.165) is 29.8 Å². The van der Waals surface area contributed by atoms with Crippen LogP contribution in [0.1, 0.15) is 33.1 Å². The molecule has 2 aromatic heterocycles. The summed E-state index contributed by atoms with van der Waals surface area (Å²) >= 11 is 3.01. The van der Waals surface area contributed by atoms with Crippen molar-refractivity contribution in [2.24, 2.45) is 5.92 Å². The second kappa shape index (κ2) is 5.73. The van der Waals surface area contributed by atoms with Gasteiger partial charge in [-0.1, -0.05) is 18.3 Å². The van der Waals surface area contributed by atoms with Crippen LogP contribution in [0.3, 0.4) is 0 Å². The summed E-state index contributed by atoms with van der Waals surface area (Å²) in [6.45, 7) is 4.33. The van der Waals surface area contributed by atoms with E-state index in [9.17, 15) is 4.79 Å². The molecular weight excluding hydrogens is 304 g/mol. The number of nitrogens with one attached hydrogen (secondary N) is 2. The number of nitrogens with zero attached hydrogens (tertiary/aromatic N) is 2. The van der Waals surface area contributed by atoms with Gasteiger partial charge in [-0.2, -0.15) is 11.3 Å². The molecule has 5 nitrogen and oxygen atoms in total. The van der Waals surface area contributed by atoms with Crippen LogP contribution in [0.25, 0.3) is 10.6 Å². The molecule has 21 heavy (non-hydrogen) atoms. The lowest BCUT2D eigenvalue weighted by atomic mass is 9.99. The summed E-state index contributed by atoms with van der Waals surface area (Å²) in [5, 5.41) is 19.4. The lowest BCUT2D eigenvalue weighted by Gasteiger charge is -2.25. The van der Waals surface area contributed by atoms with Crippen molar-refractivity contribution < 1.29 is 4.79 Å². The van der Waals surface area contributed by atoms with E-state index < -0.39 is 0 Å². The molecule has 2 unspecified atom stereocenters. The lowest BCUT2D eigenvalue weighted by molar-refractivity contribution is 0.238. The van der Waals surface area contributed by atoms with Crippen LogP contribution in [-0.2, 0) is 0 Å². The van der Waals surface area contributed by atoms with E-state index in [4.69, 9.17) is 0 Å². The van der Waals surface area contributed by atoms with Crippen LogP contribution in [0.2, 0.25) is 0 Å². The lowest BCUT2D eigenvalue weighted by Crippen LogP contribution is -2.46. The number of hydrogen-bond donors (Lipinski definition) is 2. The summed E-state index contributed by atoms with van der Waals surface area (Å²) in [4.78, 5) is 12.1. The monoisotopic (exact) mass is 322 g/mol. The van der Waals surface area contributed by atoms with E-state index in [1.165, 1.54) is 11.3 Å². The number of amides is 2. The smallest absolute Gasteiger partial charge is 0.321 e. The minimum absolute atomic E-state index is 0.107. The third-order valence-corrected chi connectivity index (χ3v) is 5.39. The summed E-state index contributed by atoms with van der Waals surface area (Å²) in [5.41, 5.74) is 0.937. The van der Waals surface area contributed by atoms with Crippen LogP contribution < -0.4 is 10.6 Å². The highest BCUT2D eigenvalue weighted by Crippen LogP contribution is 2.34. The van der Waals surface area contributed by atoms with Gasteiger partial charge in [0.2, 0.25) is 5.13 Å². The average molecular weight is 322 g/mol. The highest BCUT2D eigenvalue weighted by Gasteiger charge is 2.34. The van der Waals surface area contributed by atoms with Crippen LogP contribution in [-0.4, -0.2) is 21.8 Å². The molecule has 1 fully saturated rings. The van der Waals surface area contributed by atoms with Crippen molar-refractivity contribution in [3.05, 3.63) is 16.8 Å². The van der Waals surface area contributed by atoms with E-state index >= 15 is 0 Å². The molecule has 1 aliphatic carbocycles. The molecule has 2 atom stereocenters. The summed E-state index contributed by atoms with van der Waals surface area (Å²) in [6, 6.07) is 1.80. The molecule has 2 aromatic rings. The maximum atomic E-state index is 12.1. The van der Waals surface area contributed by atoms with Gasteiger partial charge in [0.15, 0.2) is 0 Å². The first kappa shape index (κ1) is 14.5. The third-order valence-electron chi connectivity index (χ3n) is 3.82. The van der Waals surface area contributed by atoms with Gasteiger partial charge in [0.05, 0.1) is 0 Å². The topological polar surface area (TPSA) is 66.9 Å². The fraction of sp³-hybridized carbons (Fsp3) is 0.500. The molecule has 7 heteroatoms. The number of rotatable bonds is 3. The Labute approximate surface area is 131 Å². The van der Waals surface area contributed by atoms with Crippen molar-refractivity contribution in [2.75, 3.05) is 5.32 Å². The minimum Gasteiger partial charge on any atom is -0.333 e. The highest BCUT2D eigenvalue weighted by molar-refractivity contribution is 7.19. The van der Waals surface area contributed by atoms with Gasteiger partial charge in [0.25, 0.3) is 0 Å². The van der Waals surface area contributed by atoms with E-state index in [2.05, 4.69) is 34.7 Å². The predicted molar refractivity (Wildman–Crippen MR) is 86.8 cm³/mol. The zero-order valence-corrected chi connectivity index (χ0v) is 13.7. The van der Waals surface area contributed by atoms with E-state index in [0.29, 0.717) is 11.0 Å². The van der Waals surface area contributed by atoms with E-state index in [1.54, 1.807) is 11.3 Å². The van der Waals surface area contributed by atoms with Crippen LogP contribution in [0.15, 0.2) is 16.8 Å². The largest absolute Gasteiger partial charge is 0.333 e. The Balaban J connectivity index is 1.60. The van der Waals surface area contributed by atoms with E-state index in [-0.39, 0.29) is 11.6 Å². The number of thiophene rings is 1. The number of anilines is 1. The van der Waals surface area contributed by atoms with Crippen LogP contribution in [0.4, 0.5) is 9.93 Å². The first-order chi connectivity index (χ1) is 10.0. The number of carbonyl (C=O) groups is 1. The number of urea groups is 1. The molecule has 0 aliphatic heterocycles. The molecule has 0 aromatic carbocycles. The van der Waals surface area contributed by atoms with Gasteiger partial charge < -0.3 is 5.32 Å². The molecule has 2 heterocycles. The summed E-state index contributed by atoms with van der Waals surface area (Å²) in [7, 11) is 0. The maximum Gasteiger partial charge on any atom is 0.321 e. The summed E-state index contributed by atoms with van der Waals surface area (Å²) < 4.78 is 0. The molecular formula is C14H18N4OS2. The average Bonchev–Trinajstić information content (AvgIpc) is 3.10. The second-order valence-corrected chi connectivity index (χ2v) is 7.67. The van der Waals surface area contributed by atoms with Crippen molar-refractivity contribution >= 4 is 33.8 Å². The predicted octanol–water partition coefficient (Wildman–Crippen LogP) is 3.97. The van der Waals surface area contributed by atoms with Crippen molar-refractivity contribution in [3.8, 4) is 10.6 Å². The molecule has 1 aliphatic rings. The van der Waals surface area contributed by atoms with Crippen molar-refractivity contribution in [1.29, 1.82) is 0 Å². The Bertz CT molecular complexity index is 625. The van der Waals surface area contributed by atoms with Crippen LogP contribution in [0.5, 0.6) is 0 Å². The normalized spacial score (nSPS) is 25.0. The van der Waals surface area contributed by atoms with Crippen LogP contribution >= 0.6 is 22.7 Å². The fourth-order valence-corrected chi connectivity index (χ4v) is 4.28. The molecule has 3 rings (SSSR count). The highest BCUT2D eigenvalue weighted by atomic mass is 32.1. The number of hydrogen-bond acceptors (Lipinski definition) is 5. The summed E-state index contributed by atoms with van der Waals surface area (Å²) in [5.74, 6) is 0.669. The van der Waals surface area contributed by atoms with Gasteiger partial charge >= 0.3 is 6.03 Å². The Morgan fingerprint density at radius 1 is 1.48 bits per heavy atom. The SMILES string of the molecule is CC1CCC(C)(NC(=O)Nc2nnc(-c3ccsc3)s2)C1. The molecule has 2 N–H and O–H groups in total. The van der Waals surface area contributed by atoms with Crippen LogP contribution in [0, 0.1) is 5.92 Å². The molecule has 0 spiro atoms. The Kier molecular flexibility index (Phi) is 3.95. The second-order valence-electron chi connectivity index (χ2n) is 5.91. The first-order valence-electron chi connectivity index (χ1n) is 6.99. The molecule has 0 saturated heterocycles. The fourth-order valence-electron chi connectivity index (χ4n) is 2.83. The molecule has 2 amide bonds. The Hall–Kier alpha value is -1.47.